The number of benzene rings is 1. The predicted molar refractivity (Wildman–Crippen MR) is 120 cm³/mol. The van der Waals surface area contributed by atoms with Crippen LogP contribution in [0.4, 0.5) is 0 Å². The minimum atomic E-state index is -0.989. The fourth-order valence-corrected chi connectivity index (χ4v) is 4.16. The Balaban J connectivity index is 1.57. The number of aliphatic hydroxyl groups excluding tert-OH is 1. The van der Waals surface area contributed by atoms with Crippen LogP contribution in [0.2, 0.25) is 0 Å². The minimum absolute atomic E-state index is 0.0474. The monoisotopic (exact) mass is 468 g/mol. The first-order chi connectivity index (χ1) is 16.4. The zero-order valence-electron chi connectivity index (χ0n) is 18.9. The molecular weight excluding hydrogens is 440 g/mol. The summed E-state index contributed by atoms with van der Waals surface area (Å²) in [5.74, 6) is 0.615. The molecule has 180 valence electrons. The molecule has 0 bridgehead atoms. The molecule has 1 atom stereocenters. The van der Waals surface area contributed by atoms with Crippen LogP contribution < -0.4 is 5.32 Å². The van der Waals surface area contributed by atoms with Gasteiger partial charge in [0.15, 0.2) is 5.76 Å². The van der Waals surface area contributed by atoms with Gasteiger partial charge >= 0.3 is 0 Å². The summed E-state index contributed by atoms with van der Waals surface area (Å²) in [6.45, 7) is 1.11. The number of phenolic OH excluding ortho intramolecular Hbond substituents is 1. The maximum atomic E-state index is 13.3. The number of carbonyl (C=O) groups is 2. The molecule has 3 N–H and O–H groups in total. The van der Waals surface area contributed by atoms with Crippen molar-refractivity contribution in [2.45, 2.75) is 51.2 Å². The van der Waals surface area contributed by atoms with Gasteiger partial charge in [-0.3, -0.25) is 9.59 Å². The van der Waals surface area contributed by atoms with E-state index in [2.05, 4.69) is 20.7 Å². The van der Waals surface area contributed by atoms with Crippen molar-refractivity contribution >= 4 is 11.8 Å². The Morgan fingerprint density at radius 2 is 1.94 bits per heavy atom. The number of rotatable bonds is 9. The first-order valence-electron chi connectivity index (χ1n) is 11.3. The van der Waals surface area contributed by atoms with Gasteiger partial charge in [-0.25, -0.2) is 0 Å². The molecule has 1 fully saturated rings. The molecule has 34 heavy (non-hydrogen) atoms. The maximum Gasteiger partial charge on any atom is 0.247 e. The number of hydrogen-bond donors (Lipinski definition) is 3. The van der Waals surface area contributed by atoms with Gasteiger partial charge in [0.1, 0.15) is 24.1 Å². The second-order valence-corrected chi connectivity index (χ2v) is 8.35. The molecule has 0 saturated heterocycles. The molecule has 3 aromatic rings. The summed E-state index contributed by atoms with van der Waals surface area (Å²) in [5, 5.41) is 34.5. The maximum absolute atomic E-state index is 13.3. The van der Waals surface area contributed by atoms with Crippen molar-refractivity contribution in [1.29, 1.82) is 0 Å². The molecule has 0 spiro atoms. The molecule has 0 unspecified atom stereocenters. The van der Waals surface area contributed by atoms with Crippen LogP contribution in [0.1, 0.15) is 43.0 Å². The van der Waals surface area contributed by atoms with E-state index in [0.717, 1.165) is 30.5 Å². The second-order valence-electron chi connectivity index (χ2n) is 8.35. The van der Waals surface area contributed by atoms with Crippen LogP contribution in [-0.2, 0) is 16.1 Å². The summed E-state index contributed by atoms with van der Waals surface area (Å²) in [5.41, 5.74) is 0.522. The number of amides is 2. The number of aryl methyl sites for hydroxylation is 1. The van der Waals surface area contributed by atoms with Crippen LogP contribution in [0.3, 0.4) is 0 Å². The van der Waals surface area contributed by atoms with E-state index < -0.39 is 11.9 Å². The molecule has 0 radical (unpaired) electrons. The van der Waals surface area contributed by atoms with Gasteiger partial charge in [0.2, 0.25) is 17.6 Å². The summed E-state index contributed by atoms with van der Waals surface area (Å²) in [7, 11) is 0. The number of carbonyl (C=O) groups excluding carboxylic acids is 2. The lowest BCUT2D eigenvalue weighted by atomic mass is 10.0. The third-order valence-corrected chi connectivity index (χ3v) is 5.82. The molecule has 11 heteroatoms. The SMILES string of the molecule is Cc1ccc(-c2nnn(CC(=O)N(CCO)[C@H](C(=O)NC3CCCC3)c3ccc(O)cc3)n2)o1. The van der Waals surface area contributed by atoms with Crippen molar-refractivity contribution in [3.63, 3.8) is 0 Å². The zero-order chi connectivity index (χ0) is 24.1. The van der Waals surface area contributed by atoms with E-state index in [4.69, 9.17) is 4.42 Å². The molecule has 1 aliphatic rings. The third-order valence-electron chi connectivity index (χ3n) is 5.82. The molecule has 2 aromatic heterocycles. The van der Waals surface area contributed by atoms with Gasteiger partial charge in [-0.05, 0) is 54.8 Å². The Morgan fingerprint density at radius 1 is 1.21 bits per heavy atom. The normalized spacial score (nSPS) is 14.8. The summed E-state index contributed by atoms with van der Waals surface area (Å²) in [6, 6.07) is 8.66. The number of aromatic hydroxyl groups is 1. The number of hydrogen-bond acceptors (Lipinski definition) is 8. The quantitative estimate of drug-likeness (QED) is 0.429. The molecule has 1 aromatic carbocycles. The van der Waals surface area contributed by atoms with E-state index in [1.807, 2.05) is 0 Å². The van der Waals surface area contributed by atoms with Crippen LogP contribution in [0, 0.1) is 6.92 Å². The van der Waals surface area contributed by atoms with Crippen LogP contribution in [0.25, 0.3) is 11.6 Å². The number of phenols is 1. The van der Waals surface area contributed by atoms with E-state index in [9.17, 15) is 19.8 Å². The molecule has 2 heterocycles. The van der Waals surface area contributed by atoms with Crippen LogP contribution in [0.5, 0.6) is 5.75 Å². The lowest BCUT2D eigenvalue weighted by Gasteiger charge is -2.31. The van der Waals surface area contributed by atoms with Gasteiger partial charge in [-0.15, -0.1) is 10.2 Å². The topological polar surface area (TPSA) is 147 Å². The average Bonchev–Trinajstić information content (AvgIpc) is 3.57. The molecule has 0 aliphatic heterocycles. The number of nitrogens with one attached hydrogen (secondary N) is 1. The van der Waals surface area contributed by atoms with Gasteiger partial charge in [0.25, 0.3) is 0 Å². The number of tetrazole rings is 1. The average molecular weight is 469 g/mol. The van der Waals surface area contributed by atoms with Crippen molar-refractivity contribution in [3.8, 4) is 17.3 Å². The van der Waals surface area contributed by atoms with Gasteiger partial charge in [-0.2, -0.15) is 4.80 Å². The van der Waals surface area contributed by atoms with Gasteiger partial charge in [0.05, 0.1) is 6.61 Å². The van der Waals surface area contributed by atoms with Gasteiger partial charge in [0, 0.05) is 12.6 Å². The Kier molecular flexibility index (Phi) is 7.21. The Morgan fingerprint density at radius 3 is 2.59 bits per heavy atom. The van der Waals surface area contributed by atoms with E-state index >= 15 is 0 Å². The minimum Gasteiger partial charge on any atom is -0.508 e. The lowest BCUT2D eigenvalue weighted by Crippen LogP contribution is -2.48. The number of aromatic nitrogens is 4. The highest BCUT2D eigenvalue weighted by Crippen LogP contribution is 2.26. The van der Waals surface area contributed by atoms with Crippen LogP contribution in [0.15, 0.2) is 40.8 Å². The first-order valence-corrected chi connectivity index (χ1v) is 11.3. The molecule has 4 rings (SSSR count). The predicted octanol–water partition coefficient (Wildman–Crippen LogP) is 1.57. The van der Waals surface area contributed by atoms with Crippen molar-refractivity contribution < 1.29 is 24.2 Å². The molecule has 2 amide bonds. The van der Waals surface area contributed by atoms with E-state index in [1.54, 1.807) is 31.2 Å². The number of aliphatic hydroxyl groups is 1. The van der Waals surface area contributed by atoms with Gasteiger partial charge < -0.3 is 24.8 Å². The van der Waals surface area contributed by atoms with Crippen molar-refractivity contribution in [1.82, 2.24) is 30.4 Å². The summed E-state index contributed by atoms with van der Waals surface area (Å²) in [6.07, 6.45) is 3.87. The standard InChI is InChI=1S/C23H28N6O5/c1-15-6-11-19(34-15)22-25-27-29(26-22)14-20(32)28(12-13-30)21(16-7-9-18(31)10-8-16)23(33)24-17-4-2-3-5-17/h6-11,17,21,30-31H,2-5,12-14H2,1H3,(H,24,33)/t21-/m0/s1. The van der Waals surface area contributed by atoms with Crippen LogP contribution >= 0.6 is 0 Å². The van der Waals surface area contributed by atoms with Crippen molar-refractivity contribution in [3.05, 3.63) is 47.7 Å². The van der Waals surface area contributed by atoms with E-state index in [1.165, 1.54) is 17.0 Å². The fourth-order valence-electron chi connectivity index (χ4n) is 4.16. The Labute approximate surface area is 196 Å². The zero-order valence-corrected chi connectivity index (χ0v) is 18.9. The first kappa shape index (κ1) is 23.4. The summed E-state index contributed by atoms with van der Waals surface area (Å²) >= 11 is 0. The highest BCUT2D eigenvalue weighted by atomic mass is 16.3. The fraction of sp³-hybridized carbons (Fsp3) is 0.435. The smallest absolute Gasteiger partial charge is 0.247 e. The van der Waals surface area contributed by atoms with Crippen molar-refractivity contribution in [2.24, 2.45) is 0 Å². The summed E-state index contributed by atoms with van der Waals surface area (Å²) in [4.78, 5) is 29.1. The van der Waals surface area contributed by atoms with Crippen molar-refractivity contribution in [2.75, 3.05) is 13.2 Å². The van der Waals surface area contributed by atoms with Crippen LogP contribution in [-0.4, -0.2) is 66.3 Å². The molecule has 11 nitrogen and oxygen atoms in total. The lowest BCUT2D eigenvalue weighted by molar-refractivity contribution is -0.142. The number of nitrogens with zero attached hydrogens (tertiary/aromatic N) is 5. The second kappa shape index (κ2) is 10.5. The van der Waals surface area contributed by atoms with Gasteiger partial charge in [-0.1, -0.05) is 25.0 Å². The highest BCUT2D eigenvalue weighted by molar-refractivity contribution is 5.89. The highest BCUT2D eigenvalue weighted by Gasteiger charge is 2.33. The van der Waals surface area contributed by atoms with E-state index in [0.29, 0.717) is 17.1 Å². The largest absolute Gasteiger partial charge is 0.508 e. The number of furan rings is 1. The summed E-state index contributed by atoms with van der Waals surface area (Å²) < 4.78 is 5.49. The molecule has 1 saturated carbocycles. The third kappa shape index (κ3) is 5.42. The Bertz CT molecular complexity index is 1120. The molecule has 1 aliphatic carbocycles. The van der Waals surface area contributed by atoms with E-state index in [-0.39, 0.29) is 43.2 Å². The Hall–Kier alpha value is -3.73. The molecular formula is C23H28N6O5.